The number of allylic oxidation sites excluding steroid dienone is 2. The van der Waals surface area contributed by atoms with Gasteiger partial charge in [0.05, 0.1) is 6.61 Å². The van der Waals surface area contributed by atoms with E-state index in [1.54, 1.807) is 0 Å². The molecule has 0 spiro atoms. The molecule has 0 aliphatic heterocycles. The van der Waals surface area contributed by atoms with Gasteiger partial charge in [-0.2, -0.15) is 0 Å². The maximum Gasteiger partial charge on any atom is 0.305 e. The lowest BCUT2D eigenvalue weighted by molar-refractivity contribution is -0.143. The van der Waals surface area contributed by atoms with Gasteiger partial charge < -0.3 is 4.74 Å². The Morgan fingerprint density at radius 3 is 2.23 bits per heavy atom. The van der Waals surface area contributed by atoms with E-state index in [-0.39, 0.29) is 5.97 Å². The summed E-state index contributed by atoms with van der Waals surface area (Å²) in [5.41, 5.74) is 0. The quantitative estimate of drug-likeness (QED) is 0.197. The fraction of sp³-hybridized carbons (Fsp3) is 0.850. The second-order valence-corrected chi connectivity index (χ2v) is 6.68. The number of carbonyl (C=O) groups excluding carboxylic acids is 1. The van der Waals surface area contributed by atoms with Crippen molar-refractivity contribution in [2.75, 3.05) is 6.61 Å². The van der Waals surface area contributed by atoms with E-state index in [1.165, 1.54) is 44.9 Å². The summed E-state index contributed by atoms with van der Waals surface area (Å²) in [5, 5.41) is 0. The van der Waals surface area contributed by atoms with Crippen LogP contribution in [-0.2, 0) is 9.53 Å². The summed E-state index contributed by atoms with van der Waals surface area (Å²) in [5.74, 6) is 0.683. The van der Waals surface area contributed by atoms with Gasteiger partial charge in [-0.15, -0.1) is 0 Å². The van der Waals surface area contributed by atoms with Crippen molar-refractivity contribution in [3.8, 4) is 0 Å². The zero-order chi connectivity index (χ0) is 16.5. The molecule has 0 fully saturated rings. The number of ether oxygens (including phenoxy) is 1. The lowest BCUT2D eigenvalue weighted by atomic mass is 10.1. The smallest absolute Gasteiger partial charge is 0.305 e. The predicted molar refractivity (Wildman–Crippen MR) is 96.0 cm³/mol. The number of hydrogen-bond donors (Lipinski definition) is 0. The van der Waals surface area contributed by atoms with E-state index in [0.29, 0.717) is 18.9 Å². The van der Waals surface area contributed by atoms with Crippen molar-refractivity contribution >= 4 is 5.97 Å². The van der Waals surface area contributed by atoms with Crippen molar-refractivity contribution in [3.63, 3.8) is 0 Å². The standard InChI is InChI=1S/C20H38O2/c1-4-5-6-7-8-9-10-11-12-13-14-17-20(21)22-18-15-16-19(2)3/h7-8,19H,4-6,9-18H2,1-3H3. The lowest BCUT2D eigenvalue weighted by Gasteiger charge is -2.06. The minimum Gasteiger partial charge on any atom is -0.466 e. The van der Waals surface area contributed by atoms with Crippen LogP contribution in [0, 0.1) is 5.92 Å². The largest absolute Gasteiger partial charge is 0.466 e. The normalized spacial score (nSPS) is 11.5. The highest BCUT2D eigenvalue weighted by Crippen LogP contribution is 2.09. The third kappa shape index (κ3) is 17.3. The highest BCUT2D eigenvalue weighted by atomic mass is 16.5. The van der Waals surface area contributed by atoms with Crippen LogP contribution in [-0.4, -0.2) is 12.6 Å². The fourth-order valence-corrected chi connectivity index (χ4v) is 2.37. The Hall–Kier alpha value is -0.790. The maximum absolute atomic E-state index is 11.5. The zero-order valence-corrected chi connectivity index (χ0v) is 15.2. The molecule has 0 atom stereocenters. The fourth-order valence-electron chi connectivity index (χ4n) is 2.37. The molecule has 0 aliphatic rings. The average molecular weight is 311 g/mol. The number of carbonyl (C=O) groups is 1. The Morgan fingerprint density at radius 1 is 0.909 bits per heavy atom. The summed E-state index contributed by atoms with van der Waals surface area (Å²) in [6.07, 6.45) is 18.3. The Kier molecular flexibility index (Phi) is 16.0. The molecule has 0 saturated heterocycles. The monoisotopic (exact) mass is 310 g/mol. The first kappa shape index (κ1) is 21.2. The SMILES string of the molecule is CCCCC=CCCCCCCCC(=O)OCCCC(C)C. The molecule has 0 aliphatic carbocycles. The molecule has 22 heavy (non-hydrogen) atoms. The topological polar surface area (TPSA) is 26.3 Å². The minimum absolute atomic E-state index is 0.0115. The number of unbranched alkanes of at least 4 members (excludes halogenated alkanes) is 7. The van der Waals surface area contributed by atoms with E-state index >= 15 is 0 Å². The molecular weight excluding hydrogens is 272 g/mol. The van der Waals surface area contributed by atoms with Crippen molar-refractivity contribution in [1.82, 2.24) is 0 Å². The van der Waals surface area contributed by atoms with E-state index in [4.69, 9.17) is 4.74 Å². The highest BCUT2D eigenvalue weighted by molar-refractivity contribution is 5.69. The Bertz CT molecular complexity index is 269. The molecule has 2 heteroatoms. The molecule has 0 unspecified atom stereocenters. The van der Waals surface area contributed by atoms with Gasteiger partial charge in [0.15, 0.2) is 0 Å². The third-order valence-electron chi connectivity index (χ3n) is 3.83. The number of esters is 1. The summed E-state index contributed by atoms with van der Waals surface area (Å²) in [4.78, 5) is 11.5. The van der Waals surface area contributed by atoms with Crippen molar-refractivity contribution in [2.45, 2.75) is 97.8 Å². The van der Waals surface area contributed by atoms with Crippen LogP contribution in [0.3, 0.4) is 0 Å². The molecule has 0 bridgehead atoms. The van der Waals surface area contributed by atoms with Crippen LogP contribution in [0.1, 0.15) is 97.8 Å². The van der Waals surface area contributed by atoms with Crippen molar-refractivity contribution in [1.29, 1.82) is 0 Å². The van der Waals surface area contributed by atoms with E-state index < -0.39 is 0 Å². The van der Waals surface area contributed by atoms with E-state index in [9.17, 15) is 4.79 Å². The molecule has 0 heterocycles. The van der Waals surface area contributed by atoms with Gasteiger partial charge in [-0.1, -0.05) is 65.0 Å². The van der Waals surface area contributed by atoms with Crippen molar-refractivity contribution in [3.05, 3.63) is 12.2 Å². The summed E-state index contributed by atoms with van der Waals surface area (Å²) in [6, 6.07) is 0. The van der Waals surface area contributed by atoms with Gasteiger partial charge in [-0.25, -0.2) is 0 Å². The van der Waals surface area contributed by atoms with E-state index in [0.717, 1.165) is 25.7 Å². The van der Waals surface area contributed by atoms with Crippen LogP contribution in [0.2, 0.25) is 0 Å². The molecule has 0 amide bonds. The first-order chi connectivity index (χ1) is 10.7. The molecule has 0 saturated carbocycles. The molecule has 2 nitrogen and oxygen atoms in total. The first-order valence-corrected chi connectivity index (χ1v) is 9.47. The molecule has 130 valence electrons. The Labute approximate surface area is 138 Å². The molecule has 0 N–H and O–H groups in total. The third-order valence-corrected chi connectivity index (χ3v) is 3.83. The van der Waals surface area contributed by atoms with Crippen LogP contribution >= 0.6 is 0 Å². The average Bonchev–Trinajstić information content (AvgIpc) is 2.49. The summed E-state index contributed by atoms with van der Waals surface area (Å²) in [7, 11) is 0. The van der Waals surface area contributed by atoms with Gasteiger partial charge >= 0.3 is 5.97 Å². The van der Waals surface area contributed by atoms with Gasteiger partial charge in [-0.3, -0.25) is 4.79 Å². The molecule has 0 radical (unpaired) electrons. The van der Waals surface area contributed by atoms with Gasteiger partial charge in [0.25, 0.3) is 0 Å². The van der Waals surface area contributed by atoms with Crippen LogP contribution in [0.5, 0.6) is 0 Å². The van der Waals surface area contributed by atoms with Crippen LogP contribution in [0.15, 0.2) is 12.2 Å². The maximum atomic E-state index is 11.5. The molecule has 0 aromatic carbocycles. The second kappa shape index (κ2) is 16.6. The summed E-state index contributed by atoms with van der Waals surface area (Å²) < 4.78 is 5.24. The van der Waals surface area contributed by atoms with E-state index in [2.05, 4.69) is 32.9 Å². The number of hydrogen-bond acceptors (Lipinski definition) is 2. The predicted octanol–water partition coefficient (Wildman–Crippen LogP) is 6.44. The van der Waals surface area contributed by atoms with Gasteiger partial charge in [0, 0.05) is 6.42 Å². The van der Waals surface area contributed by atoms with E-state index in [1.807, 2.05) is 0 Å². The summed E-state index contributed by atoms with van der Waals surface area (Å²) >= 11 is 0. The zero-order valence-electron chi connectivity index (χ0n) is 15.2. The van der Waals surface area contributed by atoms with Crippen LogP contribution in [0.25, 0.3) is 0 Å². The van der Waals surface area contributed by atoms with Crippen LogP contribution in [0.4, 0.5) is 0 Å². The van der Waals surface area contributed by atoms with Gasteiger partial charge in [0.1, 0.15) is 0 Å². The van der Waals surface area contributed by atoms with Crippen LogP contribution < -0.4 is 0 Å². The summed E-state index contributed by atoms with van der Waals surface area (Å²) in [6.45, 7) is 7.22. The molecule has 0 aromatic rings. The number of rotatable bonds is 15. The van der Waals surface area contributed by atoms with Gasteiger partial charge in [-0.05, 0) is 44.4 Å². The first-order valence-electron chi connectivity index (χ1n) is 9.47. The molecule has 0 rings (SSSR count). The Morgan fingerprint density at radius 2 is 1.55 bits per heavy atom. The Balaban J connectivity index is 3.21. The van der Waals surface area contributed by atoms with Gasteiger partial charge in [0.2, 0.25) is 0 Å². The second-order valence-electron chi connectivity index (χ2n) is 6.68. The lowest BCUT2D eigenvalue weighted by Crippen LogP contribution is -2.06. The highest BCUT2D eigenvalue weighted by Gasteiger charge is 2.02. The minimum atomic E-state index is -0.0115. The van der Waals surface area contributed by atoms with Crippen molar-refractivity contribution in [2.24, 2.45) is 5.92 Å². The molecular formula is C20H38O2. The molecule has 0 aromatic heterocycles. The van der Waals surface area contributed by atoms with Crippen molar-refractivity contribution < 1.29 is 9.53 Å².